The third kappa shape index (κ3) is 8.28. The zero-order chi connectivity index (χ0) is 11.3. The molecule has 0 aromatic carbocycles. The predicted octanol–water partition coefficient (Wildman–Crippen LogP) is 5.35. The molecule has 0 amide bonds. The summed E-state index contributed by atoms with van der Waals surface area (Å²) in [6, 6.07) is 0. The van der Waals surface area contributed by atoms with Crippen molar-refractivity contribution < 1.29 is 0 Å². The van der Waals surface area contributed by atoms with Crippen LogP contribution >= 0.6 is 0 Å². The van der Waals surface area contributed by atoms with E-state index in [1.807, 2.05) is 0 Å². The second-order valence-electron chi connectivity index (χ2n) is 4.20. The first-order chi connectivity index (χ1) is 8.00. The van der Waals surface area contributed by atoms with Gasteiger partial charge in [0.1, 0.15) is 0 Å². The molecule has 1 rings (SSSR count). The molecule has 1 aliphatic rings. The van der Waals surface area contributed by atoms with Crippen molar-refractivity contribution >= 4 is 0 Å². The lowest BCUT2D eigenvalue weighted by Crippen LogP contribution is -1.71. The highest BCUT2D eigenvalue weighted by Gasteiger charge is 1.82. The predicted molar refractivity (Wildman–Crippen MR) is 73.5 cm³/mol. The van der Waals surface area contributed by atoms with Gasteiger partial charge in [-0.1, -0.05) is 48.6 Å². The topological polar surface area (TPSA) is 0 Å². The summed E-state index contributed by atoms with van der Waals surface area (Å²) < 4.78 is 0. The summed E-state index contributed by atoms with van der Waals surface area (Å²) in [4.78, 5) is 0. The van der Waals surface area contributed by atoms with Crippen molar-refractivity contribution in [1.29, 1.82) is 0 Å². The van der Waals surface area contributed by atoms with Gasteiger partial charge in [0.05, 0.1) is 0 Å². The number of hydrogen-bond acceptors (Lipinski definition) is 0. The molecule has 0 aromatic rings. The lowest BCUT2D eigenvalue weighted by atomic mass is 10.1. The molecule has 0 atom stereocenters. The van der Waals surface area contributed by atoms with Crippen molar-refractivity contribution in [2.45, 2.75) is 51.4 Å². The lowest BCUT2D eigenvalue weighted by Gasteiger charge is -1.92. The van der Waals surface area contributed by atoms with Crippen LogP contribution in [0.3, 0.4) is 0 Å². The molecule has 1 aliphatic carbocycles. The van der Waals surface area contributed by atoms with E-state index in [4.69, 9.17) is 0 Å². The minimum atomic E-state index is 1.19. The lowest BCUT2D eigenvalue weighted by molar-refractivity contribution is 0.962. The first-order valence-electron chi connectivity index (χ1n) is 6.60. The minimum absolute atomic E-state index is 1.19. The quantitative estimate of drug-likeness (QED) is 0.479. The highest BCUT2D eigenvalue weighted by molar-refractivity contribution is 4.94. The van der Waals surface area contributed by atoms with Gasteiger partial charge in [0, 0.05) is 0 Å². The molecule has 0 unspecified atom stereocenters. The van der Waals surface area contributed by atoms with Crippen LogP contribution in [0.2, 0.25) is 0 Å². The van der Waals surface area contributed by atoms with Crippen molar-refractivity contribution in [2.24, 2.45) is 0 Å². The molecule has 0 fully saturated rings. The first kappa shape index (κ1) is 13.0. The molecule has 88 valence electrons. The van der Waals surface area contributed by atoms with Crippen molar-refractivity contribution in [3.05, 3.63) is 48.6 Å². The summed E-state index contributed by atoms with van der Waals surface area (Å²) in [6.45, 7) is 0. The Labute approximate surface area is 100 Å². The van der Waals surface area contributed by atoms with Crippen LogP contribution in [0.5, 0.6) is 0 Å². The van der Waals surface area contributed by atoms with Crippen LogP contribution < -0.4 is 0 Å². The SMILES string of the molecule is C1=CCC/C=C/CC/C=C/CC/C=C/CC1. The number of allylic oxidation sites excluding steroid dienone is 8. The van der Waals surface area contributed by atoms with Crippen molar-refractivity contribution in [1.82, 2.24) is 0 Å². The summed E-state index contributed by atoms with van der Waals surface area (Å²) in [5.41, 5.74) is 0. The average molecular weight is 216 g/mol. The van der Waals surface area contributed by atoms with Gasteiger partial charge in [0.2, 0.25) is 0 Å². The van der Waals surface area contributed by atoms with Crippen LogP contribution in [0, 0.1) is 0 Å². The molecule has 0 spiro atoms. The van der Waals surface area contributed by atoms with Gasteiger partial charge in [-0.15, -0.1) is 0 Å². The van der Waals surface area contributed by atoms with E-state index in [1.165, 1.54) is 51.4 Å². The summed E-state index contributed by atoms with van der Waals surface area (Å²) in [5, 5.41) is 0. The molecule has 0 heterocycles. The van der Waals surface area contributed by atoms with E-state index in [9.17, 15) is 0 Å². The average Bonchev–Trinajstić information content (AvgIpc) is 2.29. The van der Waals surface area contributed by atoms with Crippen LogP contribution in [0.4, 0.5) is 0 Å². The van der Waals surface area contributed by atoms with Crippen LogP contribution in [0.15, 0.2) is 48.6 Å². The maximum absolute atomic E-state index is 2.31. The maximum atomic E-state index is 2.31. The monoisotopic (exact) mass is 216 g/mol. The van der Waals surface area contributed by atoms with Crippen molar-refractivity contribution in [3.63, 3.8) is 0 Å². The Balaban J connectivity index is 2.29. The van der Waals surface area contributed by atoms with E-state index in [0.717, 1.165) is 0 Å². The third-order valence-electron chi connectivity index (χ3n) is 2.67. The molecule has 0 N–H and O–H groups in total. The van der Waals surface area contributed by atoms with E-state index >= 15 is 0 Å². The molecule has 0 heteroatoms. The highest BCUT2D eigenvalue weighted by atomic mass is 13.9. The minimum Gasteiger partial charge on any atom is -0.0882 e. The normalized spacial score (nSPS) is 26.0. The zero-order valence-electron chi connectivity index (χ0n) is 10.3. The smallest absolute Gasteiger partial charge is 0.0316 e. The Morgan fingerprint density at radius 3 is 0.500 bits per heavy atom. The molecule has 16 heavy (non-hydrogen) atoms. The van der Waals surface area contributed by atoms with Gasteiger partial charge in [-0.2, -0.15) is 0 Å². The second kappa shape index (κ2) is 10.5. The van der Waals surface area contributed by atoms with E-state index in [2.05, 4.69) is 48.6 Å². The van der Waals surface area contributed by atoms with Crippen LogP contribution in [0.25, 0.3) is 0 Å². The fourth-order valence-corrected chi connectivity index (χ4v) is 1.71. The Morgan fingerprint density at radius 2 is 0.375 bits per heavy atom. The van der Waals surface area contributed by atoms with Gasteiger partial charge in [0.25, 0.3) is 0 Å². The molecule has 0 nitrogen and oxygen atoms in total. The van der Waals surface area contributed by atoms with Crippen LogP contribution in [-0.2, 0) is 0 Å². The van der Waals surface area contributed by atoms with Gasteiger partial charge < -0.3 is 0 Å². The summed E-state index contributed by atoms with van der Waals surface area (Å²) in [7, 11) is 0. The third-order valence-corrected chi connectivity index (χ3v) is 2.67. The molecular formula is C16H24. The van der Waals surface area contributed by atoms with Gasteiger partial charge >= 0.3 is 0 Å². The van der Waals surface area contributed by atoms with Crippen LogP contribution in [-0.4, -0.2) is 0 Å². The molecule has 0 bridgehead atoms. The second-order valence-corrected chi connectivity index (χ2v) is 4.20. The Kier molecular flexibility index (Phi) is 8.53. The Morgan fingerprint density at radius 1 is 0.250 bits per heavy atom. The van der Waals surface area contributed by atoms with Gasteiger partial charge in [-0.25, -0.2) is 0 Å². The van der Waals surface area contributed by atoms with Crippen molar-refractivity contribution in [2.75, 3.05) is 0 Å². The Bertz CT molecular complexity index is 173. The first-order valence-corrected chi connectivity index (χ1v) is 6.60. The zero-order valence-corrected chi connectivity index (χ0v) is 10.3. The van der Waals surface area contributed by atoms with Gasteiger partial charge in [-0.3, -0.25) is 0 Å². The number of hydrogen-bond donors (Lipinski definition) is 0. The molecule has 0 saturated heterocycles. The maximum Gasteiger partial charge on any atom is -0.0316 e. The fourth-order valence-electron chi connectivity index (χ4n) is 1.71. The summed E-state index contributed by atoms with van der Waals surface area (Å²) in [6.07, 6.45) is 28.0. The van der Waals surface area contributed by atoms with Gasteiger partial charge in [-0.05, 0) is 51.4 Å². The molecule has 0 aliphatic heterocycles. The van der Waals surface area contributed by atoms with E-state index < -0.39 is 0 Å². The molecular weight excluding hydrogens is 192 g/mol. The van der Waals surface area contributed by atoms with E-state index in [1.54, 1.807) is 0 Å². The highest BCUT2D eigenvalue weighted by Crippen LogP contribution is 2.03. The summed E-state index contributed by atoms with van der Waals surface area (Å²) in [5.74, 6) is 0. The standard InChI is InChI=1S/C16H24/c1-2-4-6-8-10-12-14-16-15-13-11-9-7-5-3-1/h1-2,7-10,15-16H,3-6,11-14H2/b2-1+,9-7+,10-8+,16-15?. The van der Waals surface area contributed by atoms with E-state index in [-0.39, 0.29) is 0 Å². The molecule has 0 aromatic heterocycles. The largest absolute Gasteiger partial charge is 0.0882 e. The van der Waals surface area contributed by atoms with E-state index in [0.29, 0.717) is 0 Å². The molecule has 0 saturated carbocycles. The van der Waals surface area contributed by atoms with Crippen molar-refractivity contribution in [3.8, 4) is 0 Å². The fraction of sp³-hybridized carbons (Fsp3) is 0.500. The molecule has 0 radical (unpaired) electrons. The summed E-state index contributed by atoms with van der Waals surface area (Å²) >= 11 is 0. The van der Waals surface area contributed by atoms with Crippen LogP contribution in [0.1, 0.15) is 51.4 Å². The Hall–Kier alpha value is -1.04. The van der Waals surface area contributed by atoms with Gasteiger partial charge in [0.15, 0.2) is 0 Å². The number of rotatable bonds is 0.